The Hall–Kier alpha value is -0.0677. The molecule has 1 rings (SSSR count). The van der Waals surface area contributed by atoms with Gasteiger partial charge in [-0.05, 0) is 6.42 Å². The summed E-state index contributed by atoms with van der Waals surface area (Å²) in [6.07, 6.45) is 2.69. The summed E-state index contributed by atoms with van der Waals surface area (Å²) in [6, 6.07) is 0. The van der Waals surface area contributed by atoms with Crippen LogP contribution in [0.15, 0.2) is 5.16 Å². The average Bonchev–Trinajstić information content (AvgIpc) is 1.77. The van der Waals surface area contributed by atoms with Crippen LogP contribution in [0.5, 0.6) is 0 Å². The van der Waals surface area contributed by atoms with Gasteiger partial charge in [0.15, 0.2) is 0 Å². The smallest absolute Gasteiger partial charge is 0.133 e. The van der Waals surface area contributed by atoms with Crippen molar-refractivity contribution < 1.29 is 25.3 Å². The SMILES string of the molecule is C[C-]1CCC(N)=NO1.[Re]. The Morgan fingerprint density at radius 2 is 2.44 bits per heavy atom. The van der Waals surface area contributed by atoms with Crippen molar-refractivity contribution in [3.8, 4) is 0 Å². The van der Waals surface area contributed by atoms with Gasteiger partial charge in [0.2, 0.25) is 0 Å². The van der Waals surface area contributed by atoms with E-state index in [-0.39, 0.29) is 20.4 Å². The van der Waals surface area contributed by atoms with Crippen LogP contribution in [0, 0.1) is 6.10 Å². The van der Waals surface area contributed by atoms with E-state index in [1.54, 1.807) is 0 Å². The fourth-order valence-corrected chi connectivity index (χ4v) is 0.532. The van der Waals surface area contributed by atoms with Gasteiger partial charge in [0.1, 0.15) is 5.84 Å². The van der Waals surface area contributed by atoms with Crippen molar-refractivity contribution in [2.24, 2.45) is 10.9 Å². The van der Waals surface area contributed by atoms with E-state index >= 15 is 0 Å². The molecule has 1 radical (unpaired) electrons. The largest absolute Gasteiger partial charge is 0.563 e. The van der Waals surface area contributed by atoms with E-state index in [1.165, 1.54) is 0 Å². The molecule has 4 heteroatoms. The molecule has 1 aliphatic rings. The van der Waals surface area contributed by atoms with Crippen molar-refractivity contribution in [1.29, 1.82) is 0 Å². The van der Waals surface area contributed by atoms with Crippen molar-refractivity contribution in [2.45, 2.75) is 19.8 Å². The van der Waals surface area contributed by atoms with Gasteiger partial charge in [-0.1, -0.05) is 0 Å². The van der Waals surface area contributed by atoms with Crippen molar-refractivity contribution in [3.63, 3.8) is 0 Å². The van der Waals surface area contributed by atoms with Crippen LogP contribution >= 0.6 is 0 Å². The van der Waals surface area contributed by atoms with Crippen molar-refractivity contribution in [3.05, 3.63) is 6.10 Å². The summed E-state index contributed by atoms with van der Waals surface area (Å²) < 4.78 is 0. The minimum atomic E-state index is 0. The predicted octanol–water partition coefficient (Wildman–Crippen LogP) is 0.618. The molecule has 0 spiro atoms. The van der Waals surface area contributed by atoms with Gasteiger partial charge >= 0.3 is 0 Å². The summed E-state index contributed by atoms with van der Waals surface area (Å²) in [5, 5.41) is 3.57. The number of rotatable bonds is 0. The van der Waals surface area contributed by atoms with Gasteiger partial charge in [0.05, 0.1) is 0 Å². The zero-order valence-corrected chi connectivity index (χ0v) is 7.94. The Kier molecular flexibility index (Phi) is 3.84. The number of nitrogens with zero attached hydrogens (tertiary/aromatic N) is 1. The molecular formula is C5H9N2ORe-. The second-order valence-corrected chi connectivity index (χ2v) is 1.88. The van der Waals surface area contributed by atoms with Gasteiger partial charge in [-0.25, -0.2) is 0 Å². The van der Waals surface area contributed by atoms with Crippen LogP contribution in [0.3, 0.4) is 0 Å². The van der Waals surface area contributed by atoms with E-state index in [0.29, 0.717) is 5.84 Å². The maximum absolute atomic E-state index is 5.31. The molecule has 0 saturated heterocycles. The molecule has 2 N–H and O–H groups in total. The van der Waals surface area contributed by atoms with Gasteiger partial charge in [0.25, 0.3) is 0 Å². The Balaban J connectivity index is 0.000000640. The normalized spacial score (nSPS) is 19.4. The van der Waals surface area contributed by atoms with E-state index < -0.39 is 0 Å². The second-order valence-electron chi connectivity index (χ2n) is 1.88. The standard InChI is InChI=1S/C5H9N2O.Re/c1-4-2-3-5(6)7-8-4;/h2-3H2,1H3,(H2,6,7);/q-1;. The van der Waals surface area contributed by atoms with Gasteiger partial charge in [-0.3, -0.25) is 0 Å². The molecule has 1 aliphatic heterocycles. The summed E-state index contributed by atoms with van der Waals surface area (Å²) in [7, 11) is 0. The number of hydrogen-bond acceptors (Lipinski definition) is 3. The first-order valence-electron chi connectivity index (χ1n) is 2.61. The molecule has 3 nitrogen and oxygen atoms in total. The monoisotopic (exact) mass is 300 g/mol. The average molecular weight is 299 g/mol. The molecule has 0 saturated carbocycles. The number of amidine groups is 1. The first kappa shape index (κ1) is 8.93. The van der Waals surface area contributed by atoms with E-state index in [1.807, 2.05) is 6.92 Å². The number of hydrogen-bond donors (Lipinski definition) is 1. The molecule has 0 aliphatic carbocycles. The van der Waals surface area contributed by atoms with Crippen LogP contribution in [0.4, 0.5) is 0 Å². The van der Waals surface area contributed by atoms with Gasteiger partial charge in [0, 0.05) is 20.4 Å². The summed E-state index contributed by atoms with van der Waals surface area (Å²) in [5.74, 6) is 0.593. The van der Waals surface area contributed by atoms with Crippen molar-refractivity contribution in [2.75, 3.05) is 0 Å². The van der Waals surface area contributed by atoms with Crippen LogP contribution in [0.1, 0.15) is 19.8 Å². The third-order valence-electron chi connectivity index (χ3n) is 1.05. The number of nitrogens with two attached hydrogens (primary N) is 1. The first-order chi connectivity index (χ1) is 3.79. The Morgan fingerprint density at radius 3 is 2.78 bits per heavy atom. The maximum atomic E-state index is 5.31. The molecule has 0 fully saturated rings. The third-order valence-corrected chi connectivity index (χ3v) is 1.05. The Labute approximate surface area is 68.3 Å². The van der Waals surface area contributed by atoms with E-state index in [2.05, 4.69) is 5.16 Å². The maximum Gasteiger partial charge on any atom is 0.133 e. The third kappa shape index (κ3) is 2.83. The fraction of sp³-hybridized carbons (Fsp3) is 0.600. The van der Waals surface area contributed by atoms with Crippen LogP contribution in [0.25, 0.3) is 0 Å². The minimum absolute atomic E-state index is 0. The van der Waals surface area contributed by atoms with Crippen LogP contribution in [-0.4, -0.2) is 5.84 Å². The molecule has 0 aromatic rings. The van der Waals surface area contributed by atoms with Gasteiger partial charge in [-0.15, -0.1) is 17.7 Å². The summed E-state index contributed by atoms with van der Waals surface area (Å²) >= 11 is 0. The second kappa shape index (κ2) is 3.86. The van der Waals surface area contributed by atoms with E-state index in [0.717, 1.165) is 18.9 Å². The first-order valence-corrected chi connectivity index (χ1v) is 2.61. The molecule has 53 valence electrons. The molecule has 0 amide bonds. The molecule has 0 aromatic carbocycles. The minimum Gasteiger partial charge on any atom is -0.563 e. The van der Waals surface area contributed by atoms with Gasteiger partial charge in [-0.2, -0.15) is 6.92 Å². The van der Waals surface area contributed by atoms with E-state index in [9.17, 15) is 0 Å². The molecule has 9 heavy (non-hydrogen) atoms. The quantitative estimate of drug-likeness (QED) is 0.667. The molecule has 0 bridgehead atoms. The Bertz CT molecular complexity index is 116. The zero-order valence-electron chi connectivity index (χ0n) is 5.22. The van der Waals surface area contributed by atoms with Crippen molar-refractivity contribution >= 4 is 5.84 Å². The summed E-state index contributed by atoms with van der Waals surface area (Å²) in [5.41, 5.74) is 5.31. The fourth-order valence-electron chi connectivity index (χ4n) is 0.532. The summed E-state index contributed by atoms with van der Waals surface area (Å²) in [6.45, 7) is 1.90. The Morgan fingerprint density at radius 1 is 1.78 bits per heavy atom. The van der Waals surface area contributed by atoms with Gasteiger partial charge < -0.3 is 10.6 Å². The topological polar surface area (TPSA) is 47.6 Å². The molecule has 1 heterocycles. The van der Waals surface area contributed by atoms with Crippen LogP contribution < -0.4 is 5.73 Å². The molecular weight excluding hydrogens is 290 g/mol. The summed E-state index contributed by atoms with van der Waals surface area (Å²) in [4.78, 5) is 4.77. The molecule has 0 aromatic heterocycles. The van der Waals surface area contributed by atoms with Crippen LogP contribution in [-0.2, 0) is 25.3 Å². The molecule has 0 unspecified atom stereocenters. The predicted molar refractivity (Wildman–Crippen MR) is 30.9 cm³/mol. The van der Waals surface area contributed by atoms with Crippen LogP contribution in [0.2, 0.25) is 0 Å². The van der Waals surface area contributed by atoms with Crippen molar-refractivity contribution in [1.82, 2.24) is 0 Å². The zero-order chi connectivity index (χ0) is 5.98. The number of oxime groups is 1. The molecule has 0 atom stereocenters. The van der Waals surface area contributed by atoms with E-state index in [4.69, 9.17) is 10.6 Å².